The van der Waals surface area contributed by atoms with Crippen LogP contribution in [-0.4, -0.2) is 31.1 Å². The lowest BCUT2D eigenvalue weighted by atomic mass is 9.92. The van der Waals surface area contributed by atoms with Gasteiger partial charge in [-0.2, -0.15) is 0 Å². The van der Waals surface area contributed by atoms with Gasteiger partial charge in [0.05, 0.1) is 0 Å². The molecule has 1 heterocycles. The first-order valence-electron chi connectivity index (χ1n) is 8.20. The summed E-state index contributed by atoms with van der Waals surface area (Å²) < 4.78 is 0. The number of nitrogens with one attached hydrogen (secondary N) is 1. The lowest BCUT2D eigenvalue weighted by Crippen LogP contribution is -2.47. The third-order valence-corrected chi connectivity index (χ3v) is 5.19. The predicted octanol–water partition coefficient (Wildman–Crippen LogP) is 3.17. The van der Waals surface area contributed by atoms with E-state index in [9.17, 15) is 0 Å². The summed E-state index contributed by atoms with van der Waals surface area (Å²) >= 11 is 0. The molecule has 110 valence electrons. The van der Waals surface area contributed by atoms with Gasteiger partial charge in [0.2, 0.25) is 0 Å². The number of rotatable bonds is 3. The first-order valence-corrected chi connectivity index (χ1v) is 8.20. The van der Waals surface area contributed by atoms with Crippen molar-refractivity contribution in [2.75, 3.05) is 20.1 Å². The molecule has 1 N–H and O–H groups in total. The Kier molecular flexibility index (Phi) is 4.13. The Labute approximate surface area is 123 Å². The molecule has 2 nitrogen and oxygen atoms in total. The van der Waals surface area contributed by atoms with Crippen LogP contribution in [-0.2, 0) is 12.8 Å². The van der Waals surface area contributed by atoms with E-state index in [0.29, 0.717) is 12.1 Å². The lowest BCUT2D eigenvalue weighted by Gasteiger charge is -2.37. The maximum atomic E-state index is 3.87. The predicted molar refractivity (Wildman–Crippen MR) is 85.1 cm³/mol. The van der Waals surface area contributed by atoms with Gasteiger partial charge in [0, 0.05) is 18.6 Å². The molecule has 0 aromatic heterocycles. The van der Waals surface area contributed by atoms with Crippen LogP contribution in [0.2, 0.25) is 0 Å². The molecule has 1 saturated heterocycles. The van der Waals surface area contributed by atoms with E-state index in [1.54, 1.807) is 11.1 Å². The van der Waals surface area contributed by atoms with Crippen molar-refractivity contribution in [2.45, 2.75) is 51.6 Å². The summed E-state index contributed by atoms with van der Waals surface area (Å²) in [5.41, 5.74) is 4.64. The van der Waals surface area contributed by atoms with E-state index in [4.69, 9.17) is 0 Å². The van der Waals surface area contributed by atoms with Gasteiger partial charge in [-0.1, -0.05) is 25.1 Å². The maximum Gasteiger partial charge on any atom is 0.0294 e. The first kappa shape index (κ1) is 14.1. The number of benzene rings is 1. The van der Waals surface area contributed by atoms with E-state index in [2.05, 4.69) is 49.3 Å². The van der Waals surface area contributed by atoms with Crippen molar-refractivity contribution in [3.05, 3.63) is 34.9 Å². The zero-order valence-electron chi connectivity index (χ0n) is 13.2. The van der Waals surface area contributed by atoms with Gasteiger partial charge in [0.25, 0.3) is 0 Å². The van der Waals surface area contributed by atoms with E-state index in [1.165, 1.54) is 44.3 Å². The smallest absolute Gasteiger partial charge is 0.0294 e. The second kappa shape index (κ2) is 5.87. The average Bonchev–Trinajstić information content (AvgIpc) is 2.89. The number of fused-ring (bicyclic) bond motifs is 1. The van der Waals surface area contributed by atoms with Crippen LogP contribution in [0, 0.1) is 5.92 Å². The highest BCUT2D eigenvalue weighted by atomic mass is 15.1. The SMILES string of the molecule is CC(NC1CCN(C)CC1C)c1ccc2c(c1)CCC2. The second-order valence-electron chi connectivity index (χ2n) is 6.90. The molecule has 3 unspecified atom stereocenters. The van der Waals surface area contributed by atoms with E-state index in [0.717, 1.165) is 5.92 Å². The molecule has 0 spiro atoms. The molecule has 3 rings (SSSR count). The summed E-state index contributed by atoms with van der Waals surface area (Å²) in [5, 5.41) is 3.87. The van der Waals surface area contributed by atoms with Crippen molar-refractivity contribution in [3.63, 3.8) is 0 Å². The molecule has 1 aromatic carbocycles. The van der Waals surface area contributed by atoms with Crippen LogP contribution in [0.25, 0.3) is 0 Å². The third-order valence-electron chi connectivity index (χ3n) is 5.19. The fraction of sp³-hybridized carbons (Fsp3) is 0.667. The van der Waals surface area contributed by atoms with Crippen LogP contribution in [0.5, 0.6) is 0 Å². The quantitative estimate of drug-likeness (QED) is 0.909. The molecule has 1 aromatic rings. The molecule has 1 fully saturated rings. The first-order chi connectivity index (χ1) is 9.63. The summed E-state index contributed by atoms with van der Waals surface area (Å²) in [6.45, 7) is 7.14. The Balaban J connectivity index is 1.65. The standard InChI is InChI=1S/C18H28N2/c1-13-12-20(3)10-9-18(13)19-14(2)16-8-7-15-5-4-6-17(15)11-16/h7-8,11,13-14,18-19H,4-6,9-10,12H2,1-3H3. The molecule has 20 heavy (non-hydrogen) atoms. The number of piperidine rings is 1. The van der Waals surface area contributed by atoms with Crippen LogP contribution >= 0.6 is 0 Å². The van der Waals surface area contributed by atoms with Gasteiger partial charge in [-0.3, -0.25) is 0 Å². The molecule has 0 amide bonds. The second-order valence-corrected chi connectivity index (χ2v) is 6.90. The van der Waals surface area contributed by atoms with Gasteiger partial charge >= 0.3 is 0 Å². The Morgan fingerprint density at radius 3 is 2.85 bits per heavy atom. The zero-order valence-corrected chi connectivity index (χ0v) is 13.2. The van der Waals surface area contributed by atoms with Gasteiger partial charge in [-0.25, -0.2) is 0 Å². The minimum Gasteiger partial charge on any atom is -0.307 e. The Hall–Kier alpha value is -0.860. The molecule has 2 aliphatic rings. The van der Waals surface area contributed by atoms with Gasteiger partial charge in [-0.15, -0.1) is 0 Å². The largest absolute Gasteiger partial charge is 0.307 e. The number of aryl methyl sites for hydroxylation is 2. The Bertz CT molecular complexity index is 468. The summed E-state index contributed by atoms with van der Waals surface area (Å²) in [4.78, 5) is 2.45. The fourth-order valence-corrected chi connectivity index (χ4v) is 3.88. The number of hydrogen-bond acceptors (Lipinski definition) is 2. The third kappa shape index (κ3) is 2.91. The molecule has 3 atom stereocenters. The van der Waals surface area contributed by atoms with Gasteiger partial charge in [0.15, 0.2) is 0 Å². The highest BCUT2D eigenvalue weighted by Gasteiger charge is 2.25. The summed E-state index contributed by atoms with van der Waals surface area (Å²) in [6, 6.07) is 8.26. The zero-order chi connectivity index (χ0) is 14.1. The minimum atomic E-state index is 0.469. The van der Waals surface area contributed by atoms with Gasteiger partial charge in [0.1, 0.15) is 0 Å². The average molecular weight is 272 g/mol. The molecular formula is C18H28N2. The van der Waals surface area contributed by atoms with Crippen molar-refractivity contribution >= 4 is 0 Å². The van der Waals surface area contributed by atoms with Crippen molar-refractivity contribution in [3.8, 4) is 0 Å². The van der Waals surface area contributed by atoms with E-state index in [-0.39, 0.29) is 0 Å². The molecule has 0 bridgehead atoms. The molecule has 1 aliphatic carbocycles. The lowest BCUT2D eigenvalue weighted by molar-refractivity contribution is 0.168. The molecular weight excluding hydrogens is 244 g/mol. The van der Waals surface area contributed by atoms with Crippen LogP contribution in [0.1, 0.15) is 49.4 Å². The minimum absolute atomic E-state index is 0.469. The molecule has 2 heteroatoms. The van der Waals surface area contributed by atoms with Crippen molar-refractivity contribution < 1.29 is 0 Å². The van der Waals surface area contributed by atoms with Crippen LogP contribution < -0.4 is 5.32 Å². The number of nitrogens with zero attached hydrogens (tertiary/aromatic N) is 1. The van der Waals surface area contributed by atoms with Crippen molar-refractivity contribution in [2.24, 2.45) is 5.92 Å². The van der Waals surface area contributed by atoms with Crippen LogP contribution in [0.4, 0.5) is 0 Å². The Morgan fingerprint density at radius 2 is 2.05 bits per heavy atom. The highest BCUT2D eigenvalue weighted by Crippen LogP contribution is 2.26. The van der Waals surface area contributed by atoms with Crippen molar-refractivity contribution in [1.82, 2.24) is 10.2 Å². The summed E-state index contributed by atoms with van der Waals surface area (Å²) in [7, 11) is 2.23. The molecule has 1 aliphatic heterocycles. The number of likely N-dealkylation sites (tertiary alicyclic amines) is 1. The monoisotopic (exact) mass is 272 g/mol. The van der Waals surface area contributed by atoms with Crippen LogP contribution in [0.15, 0.2) is 18.2 Å². The van der Waals surface area contributed by atoms with E-state index in [1.807, 2.05) is 0 Å². The topological polar surface area (TPSA) is 15.3 Å². The van der Waals surface area contributed by atoms with E-state index >= 15 is 0 Å². The summed E-state index contributed by atoms with van der Waals surface area (Å²) in [6.07, 6.45) is 5.17. The fourth-order valence-electron chi connectivity index (χ4n) is 3.88. The highest BCUT2D eigenvalue weighted by molar-refractivity contribution is 5.36. The normalized spacial score (nSPS) is 28.4. The Morgan fingerprint density at radius 1 is 1.25 bits per heavy atom. The van der Waals surface area contributed by atoms with E-state index < -0.39 is 0 Å². The van der Waals surface area contributed by atoms with Gasteiger partial charge < -0.3 is 10.2 Å². The summed E-state index contributed by atoms with van der Waals surface area (Å²) in [5.74, 6) is 0.741. The number of hydrogen-bond donors (Lipinski definition) is 1. The molecule has 0 radical (unpaired) electrons. The molecule has 0 saturated carbocycles. The van der Waals surface area contributed by atoms with Crippen molar-refractivity contribution in [1.29, 1.82) is 0 Å². The van der Waals surface area contributed by atoms with Crippen LogP contribution in [0.3, 0.4) is 0 Å². The maximum absolute atomic E-state index is 3.87. The van der Waals surface area contributed by atoms with Gasteiger partial charge in [-0.05, 0) is 68.8 Å².